The Labute approximate surface area is 263 Å². The van der Waals surface area contributed by atoms with Crippen molar-refractivity contribution in [2.24, 2.45) is 5.92 Å². The number of pyridine rings is 2. The SMILES string of the molecule is CNc1cc(C/C=C\N2CCC(C(=O)NCc3c(OC)cc(C)[nH]c3=O)C(C)=C2/C(C)=C(\C)CCN(C)CC(F)(F)F)ccn1. The van der Waals surface area contributed by atoms with E-state index in [0.717, 1.165) is 33.8 Å². The molecule has 0 saturated heterocycles. The molecule has 3 N–H and O–H groups in total. The predicted molar refractivity (Wildman–Crippen MR) is 171 cm³/mol. The Morgan fingerprint density at radius 2 is 2.00 bits per heavy atom. The normalized spacial score (nSPS) is 16.3. The first-order valence-electron chi connectivity index (χ1n) is 15.0. The van der Waals surface area contributed by atoms with Crippen molar-refractivity contribution >= 4 is 11.7 Å². The number of aromatic nitrogens is 2. The molecule has 0 bridgehead atoms. The van der Waals surface area contributed by atoms with Gasteiger partial charge in [0.2, 0.25) is 5.91 Å². The summed E-state index contributed by atoms with van der Waals surface area (Å²) in [4.78, 5) is 36.5. The molecule has 0 fully saturated rings. The summed E-state index contributed by atoms with van der Waals surface area (Å²) >= 11 is 0. The molecule has 2 aromatic heterocycles. The fraction of sp³-hybridized carbons (Fsp3) is 0.485. The molecule has 3 rings (SSSR count). The minimum absolute atomic E-state index is 0.0142. The van der Waals surface area contributed by atoms with E-state index in [9.17, 15) is 22.8 Å². The molecule has 246 valence electrons. The monoisotopic (exact) mass is 630 g/mol. The number of hydrogen-bond donors (Lipinski definition) is 3. The van der Waals surface area contributed by atoms with Gasteiger partial charge in [-0.15, -0.1) is 0 Å². The molecule has 2 aromatic rings. The highest BCUT2D eigenvalue weighted by molar-refractivity contribution is 5.82. The molecular weight excluding hydrogens is 585 g/mol. The zero-order valence-electron chi connectivity index (χ0n) is 27.2. The molecule has 1 aliphatic heterocycles. The molecule has 0 saturated carbocycles. The number of nitrogens with one attached hydrogen (secondary N) is 3. The number of aryl methyl sites for hydroxylation is 1. The number of allylic oxidation sites excluding steroid dienone is 2. The standard InChI is InChI=1S/C33H45F3N6O3/c1-21(11-15-41(6)20-33(34,35)36)23(3)30-24(4)26(31(43)39-19-27-28(45-7)17-22(2)40-32(27)44)12-16-42(30)14-8-9-25-10-13-38-29(18-25)37-5/h8,10,13-14,17-18,26H,9,11-12,15-16,19-20H2,1-7H3,(H,37,38)(H,39,43)(H,40,44)/b14-8-,23-21+. The average Bonchev–Trinajstić information content (AvgIpc) is 2.98. The van der Waals surface area contributed by atoms with Gasteiger partial charge < -0.3 is 25.3 Å². The van der Waals surface area contributed by atoms with Crippen molar-refractivity contribution < 1.29 is 22.7 Å². The second-order valence-corrected chi connectivity index (χ2v) is 11.5. The van der Waals surface area contributed by atoms with Crippen LogP contribution < -0.4 is 20.9 Å². The molecule has 3 heterocycles. The third-order valence-corrected chi connectivity index (χ3v) is 8.08. The van der Waals surface area contributed by atoms with Crippen LogP contribution in [0.4, 0.5) is 19.0 Å². The van der Waals surface area contributed by atoms with Gasteiger partial charge >= 0.3 is 6.18 Å². The summed E-state index contributed by atoms with van der Waals surface area (Å²) in [5, 5.41) is 5.96. The number of carbonyl (C=O) groups excluding carboxylic acids is 1. The maximum Gasteiger partial charge on any atom is 0.401 e. The number of methoxy groups -OCH3 is 1. The number of nitrogens with zero attached hydrogens (tertiary/aromatic N) is 3. The minimum atomic E-state index is -4.26. The summed E-state index contributed by atoms with van der Waals surface area (Å²) in [6, 6.07) is 5.64. The number of aromatic amines is 1. The fourth-order valence-corrected chi connectivity index (χ4v) is 5.50. The van der Waals surface area contributed by atoms with Gasteiger partial charge in [-0.05, 0) is 88.9 Å². The molecule has 0 aromatic carbocycles. The van der Waals surface area contributed by atoms with Crippen LogP contribution in [0, 0.1) is 12.8 Å². The molecule has 0 aliphatic carbocycles. The Morgan fingerprint density at radius 1 is 1.27 bits per heavy atom. The summed E-state index contributed by atoms with van der Waals surface area (Å²) in [6.07, 6.45) is 3.22. The molecule has 0 spiro atoms. The van der Waals surface area contributed by atoms with E-state index in [1.54, 1.807) is 19.2 Å². The summed E-state index contributed by atoms with van der Waals surface area (Å²) in [5.74, 6) is 0.529. The van der Waals surface area contributed by atoms with E-state index in [1.807, 2.05) is 46.2 Å². The van der Waals surface area contributed by atoms with Gasteiger partial charge in [0.15, 0.2) is 0 Å². The molecule has 12 heteroatoms. The Kier molecular flexibility index (Phi) is 12.4. The van der Waals surface area contributed by atoms with Gasteiger partial charge in [-0.25, -0.2) is 4.98 Å². The largest absolute Gasteiger partial charge is 0.496 e. The fourth-order valence-electron chi connectivity index (χ4n) is 5.50. The van der Waals surface area contributed by atoms with E-state index in [4.69, 9.17) is 4.74 Å². The van der Waals surface area contributed by atoms with Crippen molar-refractivity contribution in [3.8, 4) is 5.75 Å². The molecule has 0 radical (unpaired) electrons. The second kappa shape index (κ2) is 15.8. The first-order valence-corrected chi connectivity index (χ1v) is 15.0. The summed E-state index contributed by atoms with van der Waals surface area (Å²) in [6.45, 7) is 7.41. The van der Waals surface area contributed by atoms with Gasteiger partial charge in [0.1, 0.15) is 11.6 Å². The molecule has 1 atom stereocenters. The lowest BCUT2D eigenvalue weighted by Gasteiger charge is -2.36. The van der Waals surface area contributed by atoms with Crippen LogP contribution in [0.2, 0.25) is 0 Å². The van der Waals surface area contributed by atoms with Crippen LogP contribution >= 0.6 is 0 Å². The van der Waals surface area contributed by atoms with Crippen molar-refractivity contribution in [3.63, 3.8) is 0 Å². The van der Waals surface area contributed by atoms with Gasteiger partial charge in [-0.3, -0.25) is 14.5 Å². The van der Waals surface area contributed by atoms with Crippen molar-refractivity contribution in [3.05, 3.63) is 86.3 Å². The molecule has 1 aliphatic rings. The van der Waals surface area contributed by atoms with Gasteiger partial charge in [-0.2, -0.15) is 13.2 Å². The Morgan fingerprint density at radius 3 is 2.67 bits per heavy atom. The number of H-pyrrole nitrogens is 1. The van der Waals surface area contributed by atoms with Crippen LogP contribution in [0.1, 0.15) is 50.4 Å². The molecule has 1 unspecified atom stereocenters. The van der Waals surface area contributed by atoms with Gasteiger partial charge in [-0.1, -0.05) is 11.6 Å². The van der Waals surface area contributed by atoms with E-state index in [2.05, 4.69) is 31.6 Å². The zero-order chi connectivity index (χ0) is 33.3. The number of anilines is 1. The molecular formula is C33H45F3N6O3. The lowest BCUT2D eigenvalue weighted by Crippen LogP contribution is -2.39. The van der Waals surface area contributed by atoms with E-state index in [1.165, 1.54) is 19.1 Å². The van der Waals surface area contributed by atoms with Crippen molar-refractivity contribution in [1.82, 2.24) is 25.1 Å². The topological polar surface area (TPSA) is 103 Å². The number of hydrogen-bond acceptors (Lipinski definition) is 7. The number of halogens is 3. The quantitative estimate of drug-likeness (QED) is 0.276. The van der Waals surface area contributed by atoms with Crippen LogP contribution in [0.15, 0.2) is 63.9 Å². The summed E-state index contributed by atoms with van der Waals surface area (Å²) in [5.41, 5.74) is 5.37. The number of rotatable bonds is 13. The third kappa shape index (κ3) is 9.97. The van der Waals surface area contributed by atoms with E-state index >= 15 is 0 Å². The van der Waals surface area contributed by atoms with Crippen LogP contribution in [-0.4, -0.2) is 72.7 Å². The van der Waals surface area contributed by atoms with E-state index in [0.29, 0.717) is 42.8 Å². The predicted octanol–water partition coefficient (Wildman–Crippen LogP) is 5.32. The molecule has 9 nitrogen and oxygen atoms in total. The lowest BCUT2D eigenvalue weighted by molar-refractivity contribution is -0.142. The van der Waals surface area contributed by atoms with Crippen LogP contribution in [0.25, 0.3) is 0 Å². The Bertz CT molecular complexity index is 1500. The van der Waals surface area contributed by atoms with Crippen molar-refractivity contribution in [1.29, 1.82) is 0 Å². The highest BCUT2D eigenvalue weighted by Gasteiger charge is 2.31. The van der Waals surface area contributed by atoms with E-state index in [-0.39, 0.29) is 24.6 Å². The Hall–Kier alpha value is -4.06. The minimum Gasteiger partial charge on any atom is -0.496 e. The van der Waals surface area contributed by atoms with Crippen LogP contribution in [0.3, 0.4) is 0 Å². The molecule has 45 heavy (non-hydrogen) atoms. The zero-order valence-corrected chi connectivity index (χ0v) is 27.2. The first-order chi connectivity index (χ1) is 21.2. The highest BCUT2D eigenvalue weighted by atomic mass is 19.4. The molecule has 1 amide bonds. The number of carbonyl (C=O) groups is 1. The third-order valence-electron chi connectivity index (χ3n) is 8.08. The number of ether oxygens (including phenoxy) is 1. The summed E-state index contributed by atoms with van der Waals surface area (Å²) < 4.78 is 44.0. The smallest absolute Gasteiger partial charge is 0.401 e. The number of amides is 1. The second-order valence-electron chi connectivity index (χ2n) is 11.5. The maximum absolute atomic E-state index is 13.5. The van der Waals surface area contributed by atoms with Crippen molar-refractivity contribution in [2.75, 3.05) is 46.2 Å². The van der Waals surface area contributed by atoms with E-state index < -0.39 is 18.6 Å². The Balaban J connectivity index is 1.88. The van der Waals surface area contributed by atoms with Crippen molar-refractivity contribution in [2.45, 2.75) is 59.7 Å². The first kappa shape index (κ1) is 35.4. The van der Waals surface area contributed by atoms with Gasteiger partial charge in [0.05, 0.1) is 31.7 Å². The lowest BCUT2D eigenvalue weighted by atomic mass is 9.86. The summed E-state index contributed by atoms with van der Waals surface area (Å²) in [7, 11) is 4.76. The van der Waals surface area contributed by atoms with Gasteiger partial charge in [0.25, 0.3) is 5.56 Å². The van der Waals surface area contributed by atoms with Crippen LogP contribution in [0.5, 0.6) is 5.75 Å². The van der Waals surface area contributed by atoms with Crippen LogP contribution in [-0.2, 0) is 17.8 Å². The number of alkyl halides is 3. The highest BCUT2D eigenvalue weighted by Crippen LogP contribution is 2.34. The average molecular weight is 631 g/mol. The van der Waals surface area contributed by atoms with Gasteiger partial charge in [0, 0.05) is 43.9 Å². The maximum atomic E-state index is 13.5.